The Morgan fingerprint density at radius 1 is 1.00 bits per heavy atom. The summed E-state index contributed by atoms with van der Waals surface area (Å²) in [7, 11) is 0. The first-order chi connectivity index (χ1) is 12.2. The quantitative estimate of drug-likeness (QED) is 0.318. The van der Waals surface area contributed by atoms with Crippen LogP contribution in [0.25, 0.3) is 6.08 Å². The third-order valence-corrected chi connectivity index (χ3v) is 3.17. The fraction of sp³-hybridized carbons (Fsp3) is 0.200. The van der Waals surface area contributed by atoms with Crippen molar-refractivity contribution in [3.8, 4) is 17.6 Å². The molecule has 0 saturated carbocycles. The largest absolute Gasteiger partial charge is 0.490 e. The van der Waals surface area contributed by atoms with Gasteiger partial charge in [-0.2, -0.15) is 5.26 Å². The van der Waals surface area contributed by atoms with Gasteiger partial charge < -0.3 is 14.2 Å². The average Bonchev–Trinajstić information content (AvgIpc) is 2.65. The minimum atomic E-state index is -0.622. The topological polar surface area (TPSA) is 68.6 Å². The lowest BCUT2D eigenvalue weighted by molar-refractivity contribution is -0.137. The van der Waals surface area contributed by atoms with Crippen molar-refractivity contribution in [2.45, 2.75) is 6.92 Å². The summed E-state index contributed by atoms with van der Waals surface area (Å²) in [6, 6.07) is 18.5. The van der Waals surface area contributed by atoms with Crippen LogP contribution < -0.4 is 9.47 Å². The molecular weight excluding hydrogens is 318 g/mol. The monoisotopic (exact) mass is 337 g/mol. The lowest BCUT2D eigenvalue weighted by Gasteiger charge is -2.08. The zero-order valence-corrected chi connectivity index (χ0v) is 14.0. The molecule has 0 aliphatic rings. The van der Waals surface area contributed by atoms with Crippen molar-refractivity contribution in [3.63, 3.8) is 0 Å². The van der Waals surface area contributed by atoms with Crippen LogP contribution in [0, 0.1) is 11.3 Å². The van der Waals surface area contributed by atoms with Crippen LogP contribution in [-0.2, 0) is 9.53 Å². The second kappa shape index (κ2) is 9.78. The van der Waals surface area contributed by atoms with Gasteiger partial charge in [-0.05, 0) is 42.8 Å². The van der Waals surface area contributed by atoms with E-state index < -0.39 is 5.97 Å². The van der Waals surface area contributed by atoms with Crippen molar-refractivity contribution < 1.29 is 19.0 Å². The predicted molar refractivity (Wildman–Crippen MR) is 94.1 cm³/mol. The van der Waals surface area contributed by atoms with Gasteiger partial charge >= 0.3 is 5.97 Å². The Morgan fingerprint density at radius 2 is 1.60 bits per heavy atom. The lowest BCUT2D eigenvalue weighted by Crippen LogP contribution is -2.08. The number of hydrogen-bond donors (Lipinski definition) is 0. The molecule has 25 heavy (non-hydrogen) atoms. The summed E-state index contributed by atoms with van der Waals surface area (Å²) in [6.07, 6.45) is 1.49. The molecule has 128 valence electrons. The summed E-state index contributed by atoms with van der Waals surface area (Å²) in [6.45, 7) is 2.78. The van der Waals surface area contributed by atoms with Gasteiger partial charge in [0.25, 0.3) is 0 Å². The van der Waals surface area contributed by atoms with Gasteiger partial charge in [0.15, 0.2) is 0 Å². The van der Waals surface area contributed by atoms with E-state index in [0.717, 1.165) is 11.3 Å². The van der Waals surface area contributed by atoms with Gasteiger partial charge in [0.2, 0.25) is 0 Å². The van der Waals surface area contributed by atoms with Gasteiger partial charge in [-0.15, -0.1) is 0 Å². The molecule has 0 amide bonds. The highest BCUT2D eigenvalue weighted by atomic mass is 16.5. The molecule has 5 nitrogen and oxygen atoms in total. The second-order valence-electron chi connectivity index (χ2n) is 4.97. The maximum atomic E-state index is 11.6. The fourth-order valence-corrected chi connectivity index (χ4v) is 2.01. The van der Waals surface area contributed by atoms with Crippen molar-refractivity contribution in [1.29, 1.82) is 5.26 Å². The minimum absolute atomic E-state index is 0.0354. The molecule has 0 N–H and O–H groups in total. The number of carbonyl (C=O) groups excluding carboxylic acids is 1. The lowest BCUT2D eigenvalue weighted by atomic mass is 10.1. The molecule has 0 aromatic heterocycles. The number of hydrogen-bond acceptors (Lipinski definition) is 5. The number of esters is 1. The maximum absolute atomic E-state index is 11.6. The van der Waals surface area contributed by atoms with Crippen molar-refractivity contribution in [3.05, 3.63) is 65.7 Å². The van der Waals surface area contributed by atoms with Crippen LogP contribution in [0.3, 0.4) is 0 Å². The van der Waals surface area contributed by atoms with E-state index in [2.05, 4.69) is 0 Å². The smallest absolute Gasteiger partial charge is 0.348 e. The van der Waals surface area contributed by atoms with Gasteiger partial charge in [0.05, 0.1) is 6.61 Å². The van der Waals surface area contributed by atoms with Crippen molar-refractivity contribution >= 4 is 12.0 Å². The van der Waals surface area contributed by atoms with Crippen LogP contribution >= 0.6 is 0 Å². The Morgan fingerprint density at radius 3 is 2.16 bits per heavy atom. The standard InChI is InChI=1S/C20H19NO4/c1-2-23-20(22)17(15-21)14-16-8-10-19(11-9-16)25-13-12-24-18-6-4-3-5-7-18/h3-11,14H,2,12-13H2,1H3/b17-14-. The number of ether oxygens (including phenoxy) is 3. The van der Waals surface area contributed by atoms with Crippen LogP contribution in [0.15, 0.2) is 60.2 Å². The van der Waals surface area contributed by atoms with Crippen LogP contribution in [0.1, 0.15) is 12.5 Å². The first-order valence-electron chi connectivity index (χ1n) is 7.92. The summed E-state index contributed by atoms with van der Waals surface area (Å²) in [4.78, 5) is 11.6. The number of carbonyl (C=O) groups is 1. The predicted octanol–water partition coefficient (Wildman–Crippen LogP) is 3.61. The van der Waals surface area contributed by atoms with Gasteiger partial charge in [0.1, 0.15) is 36.4 Å². The van der Waals surface area contributed by atoms with E-state index in [1.165, 1.54) is 6.08 Å². The van der Waals surface area contributed by atoms with Crippen molar-refractivity contribution in [2.24, 2.45) is 0 Å². The van der Waals surface area contributed by atoms with E-state index in [1.807, 2.05) is 36.4 Å². The molecule has 2 rings (SSSR count). The average molecular weight is 337 g/mol. The highest BCUT2D eigenvalue weighted by molar-refractivity contribution is 5.97. The SMILES string of the molecule is CCOC(=O)/C(C#N)=C\c1ccc(OCCOc2ccccc2)cc1. The molecule has 0 spiro atoms. The Labute approximate surface area is 147 Å². The Hall–Kier alpha value is -3.26. The zero-order chi connectivity index (χ0) is 17.9. The number of nitrogens with zero attached hydrogens (tertiary/aromatic N) is 1. The van der Waals surface area contributed by atoms with E-state index in [1.54, 1.807) is 31.2 Å². The molecule has 2 aromatic carbocycles. The third-order valence-electron chi connectivity index (χ3n) is 3.17. The number of benzene rings is 2. The Balaban J connectivity index is 1.85. The summed E-state index contributed by atoms with van der Waals surface area (Å²) >= 11 is 0. The van der Waals surface area contributed by atoms with Crippen LogP contribution in [-0.4, -0.2) is 25.8 Å². The number of para-hydroxylation sites is 1. The summed E-state index contributed by atoms with van der Waals surface area (Å²) in [5.41, 5.74) is 0.685. The number of nitriles is 1. The molecule has 0 radical (unpaired) electrons. The van der Waals surface area contributed by atoms with E-state index in [4.69, 9.17) is 19.5 Å². The fourth-order valence-electron chi connectivity index (χ4n) is 2.01. The van der Waals surface area contributed by atoms with Gasteiger partial charge in [0, 0.05) is 0 Å². The minimum Gasteiger partial charge on any atom is -0.490 e. The molecule has 0 aliphatic carbocycles. The van der Waals surface area contributed by atoms with Gasteiger partial charge in [-0.1, -0.05) is 30.3 Å². The molecule has 0 fully saturated rings. The second-order valence-corrected chi connectivity index (χ2v) is 4.97. The first-order valence-corrected chi connectivity index (χ1v) is 7.92. The van der Waals surface area contributed by atoms with Crippen molar-refractivity contribution in [1.82, 2.24) is 0 Å². The molecule has 2 aromatic rings. The highest BCUT2D eigenvalue weighted by Crippen LogP contribution is 2.15. The van der Waals surface area contributed by atoms with Crippen LogP contribution in [0.2, 0.25) is 0 Å². The molecule has 0 saturated heterocycles. The molecule has 5 heteroatoms. The zero-order valence-electron chi connectivity index (χ0n) is 14.0. The summed E-state index contributed by atoms with van der Waals surface area (Å²) in [5, 5.41) is 9.02. The van der Waals surface area contributed by atoms with Crippen LogP contribution in [0.4, 0.5) is 0 Å². The van der Waals surface area contributed by atoms with E-state index in [0.29, 0.717) is 19.0 Å². The molecule has 0 unspecified atom stereocenters. The molecule has 0 bridgehead atoms. The molecule has 0 aliphatic heterocycles. The van der Waals surface area contributed by atoms with Crippen molar-refractivity contribution in [2.75, 3.05) is 19.8 Å². The molecule has 0 heterocycles. The molecule has 0 atom stereocenters. The highest BCUT2D eigenvalue weighted by Gasteiger charge is 2.09. The van der Waals surface area contributed by atoms with E-state index in [9.17, 15) is 4.79 Å². The normalized spacial score (nSPS) is 10.6. The van der Waals surface area contributed by atoms with Gasteiger partial charge in [-0.25, -0.2) is 4.79 Å². The van der Waals surface area contributed by atoms with E-state index in [-0.39, 0.29) is 12.2 Å². The number of rotatable bonds is 8. The summed E-state index contributed by atoms with van der Waals surface area (Å²) in [5.74, 6) is 0.862. The van der Waals surface area contributed by atoms with Crippen LogP contribution in [0.5, 0.6) is 11.5 Å². The van der Waals surface area contributed by atoms with E-state index >= 15 is 0 Å². The summed E-state index contributed by atoms with van der Waals surface area (Å²) < 4.78 is 16.0. The van der Waals surface area contributed by atoms with Gasteiger partial charge in [-0.3, -0.25) is 0 Å². The third kappa shape index (κ3) is 6.04. The Kier molecular flexibility index (Phi) is 7.08. The maximum Gasteiger partial charge on any atom is 0.348 e. The molecular formula is C20H19NO4. The Bertz CT molecular complexity index is 746. The first kappa shape index (κ1) is 18.1.